The SMILES string of the molecule is CC(C)(C)CCCC(NN)C1C2CC3CC(C2)CC1C3. The molecule has 1 atom stereocenters. The van der Waals surface area contributed by atoms with Gasteiger partial charge in [0.15, 0.2) is 0 Å². The predicted octanol–water partition coefficient (Wildman–Crippen LogP) is 4.11. The molecule has 2 heteroatoms. The molecule has 20 heavy (non-hydrogen) atoms. The maximum atomic E-state index is 5.95. The zero-order valence-corrected chi connectivity index (χ0v) is 13.7. The highest BCUT2D eigenvalue weighted by Crippen LogP contribution is 2.57. The van der Waals surface area contributed by atoms with Gasteiger partial charge in [0.2, 0.25) is 0 Å². The Hall–Kier alpha value is -0.0800. The first-order valence-electron chi connectivity index (χ1n) is 8.92. The zero-order valence-electron chi connectivity index (χ0n) is 13.7. The molecule has 4 saturated carbocycles. The Labute approximate surface area is 125 Å². The molecule has 116 valence electrons. The maximum absolute atomic E-state index is 5.95. The molecule has 0 aromatic heterocycles. The molecule has 0 heterocycles. The van der Waals surface area contributed by atoms with Crippen molar-refractivity contribution in [1.82, 2.24) is 5.43 Å². The van der Waals surface area contributed by atoms with Crippen LogP contribution in [0.2, 0.25) is 0 Å². The smallest absolute Gasteiger partial charge is 0.0244 e. The van der Waals surface area contributed by atoms with Gasteiger partial charge in [-0.2, -0.15) is 0 Å². The topological polar surface area (TPSA) is 38.0 Å². The Bertz CT molecular complexity index is 303. The van der Waals surface area contributed by atoms with Gasteiger partial charge in [0.1, 0.15) is 0 Å². The van der Waals surface area contributed by atoms with E-state index in [0.29, 0.717) is 11.5 Å². The van der Waals surface area contributed by atoms with Crippen molar-refractivity contribution in [3.63, 3.8) is 0 Å². The zero-order chi connectivity index (χ0) is 14.3. The summed E-state index contributed by atoms with van der Waals surface area (Å²) in [4.78, 5) is 0. The van der Waals surface area contributed by atoms with E-state index in [0.717, 1.165) is 29.6 Å². The van der Waals surface area contributed by atoms with Gasteiger partial charge in [0.25, 0.3) is 0 Å². The van der Waals surface area contributed by atoms with Gasteiger partial charge < -0.3 is 0 Å². The summed E-state index contributed by atoms with van der Waals surface area (Å²) in [5, 5.41) is 0. The molecule has 0 aliphatic heterocycles. The summed E-state index contributed by atoms with van der Waals surface area (Å²) in [7, 11) is 0. The van der Waals surface area contributed by atoms with Crippen LogP contribution in [0.15, 0.2) is 0 Å². The molecule has 4 bridgehead atoms. The summed E-state index contributed by atoms with van der Waals surface area (Å²) in [5.41, 5.74) is 3.68. The highest BCUT2D eigenvalue weighted by molar-refractivity contribution is 5.01. The standard InChI is InChI=1S/C18H34N2/c1-18(2,3)6-4-5-16(20-19)17-14-8-12-7-13(10-14)11-15(17)9-12/h12-17,20H,4-11,19H2,1-3H3. The van der Waals surface area contributed by atoms with Crippen molar-refractivity contribution in [2.24, 2.45) is 40.8 Å². The van der Waals surface area contributed by atoms with E-state index < -0.39 is 0 Å². The summed E-state index contributed by atoms with van der Waals surface area (Å²) in [6.45, 7) is 7.04. The van der Waals surface area contributed by atoms with Crippen molar-refractivity contribution in [3.8, 4) is 0 Å². The average molecular weight is 278 g/mol. The average Bonchev–Trinajstić information content (AvgIpc) is 2.34. The summed E-state index contributed by atoms with van der Waals surface area (Å²) >= 11 is 0. The van der Waals surface area contributed by atoms with Crippen molar-refractivity contribution >= 4 is 0 Å². The predicted molar refractivity (Wildman–Crippen MR) is 85.0 cm³/mol. The molecule has 0 amide bonds. The highest BCUT2D eigenvalue weighted by Gasteiger charge is 2.50. The second-order valence-electron chi connectivity index (χ2n) is 9.23. The van der Waals surface area contributed by atoms with E-state index in [4.69, 9.17) is 5.84 Å². The van der Waals surface area contributed by atoms with Crippen LogP contribution < -0.4 is 11.3 Å². The molecule has 0 saturated heterocycles. The van der Waals surface area contributed by atoms with Crippen LogP contribution in [0.5, 0.6) is 0 Å². The minimum Gasteiger partial charge on any atom is -0.271 e. The summed E-state index contributed by atoms with van der Waals surface area (Å²) in [6.07, 6.45) is 11.5. The van der Waals surface area contributed by atoms with Crippen molar-refractivity contribution in [2.45, 2.75) is 78.2 Å². The van der Waals surface area contributed by atoms with Crippen LogP contribution in [0.25, 0.3) is 0 Å². The van der Waals surface area contributed by atoms with E-state index >= 15 is 0 Å². The molecule has 0 aromatic carbocycles. The number of rotatable bonds is 5. The molecule has 0 aromatic rings. The van der Waals surface area contributed by atoms with E-state index in [9.17, 15) is 0 Å². The molecular weight excluding hydrogens is 244 g/mol. The van der Waals surface area contributed by atoms with E-state index in [1.165, 1.54) is 44.9 Å². The minimum atomic E-state index is 0.462. The molecule has 4 aliphatic rings. The van der Waals surface area contributed by atoms with Crippen LogP contribution in [0, 0.1) is 35.0 Å². The first kappa shape index (κ1) is 14.8. The normalized spacial score (nSPS) is 41.1. The third-order valence-electron chi connectivity index (χ3n) is 6.42. The second kappa shape index (κ2) is 5.61. The molecule has 4 fully saturated rings. The van der Waals surface area contributed by atoms with Gasteiger partial charge in [0.05, 0.1) is 0 Å². The van der Waals surface area contributed by atoms with Gasteiger partial charge in [-0.1, -0.05) is 27.2 Å². The lowest BCUT2D eigenvalue weighted by Gasteiger charge is -2.56. The van der Waals surface area contributed by atoms with Crippen molar-refractivity contribution in [1.29, 1.82) is 0 Å². The van der Waals surface area contributed by atoms with Crippen LogP contribution in [0.4, 0.5) is 0 Å². The molecule has 1 unspecified atom stereocenters. The van der Waals surface area contributed by atoms with E-state index in [-0.39, 0.29) is 0 Å². The van der Waals surface area contributed by atoms with Crippen molar-refractivity contribution < 1.29 is 0 Å². The summed E-state index contributed by atoms with van der Waals surface area (Å²) in [6, 6.07) is 0.576. The van der Waals surface area contributed by atoms with E-state index in [1.54, 1.807) is 6.42 Å². The lowest BCUT2D eigenvalue weighted by atomic mass is 9.50. The van der Waals surface area contributed by atoms with Crippen LogP contribution in [0.3, 0.4) is 0 Å². The van der Waals surface area contributed by atoms with Gasteiger partial charge in [-0.3, -0.25) is 11.3 Å². The van der Waals surface area contributed by atoms with Gasteiger partial charge in [-0.15, -0.1) is 0 Å². The Balaban J connectivity index is 1.58. The van der Waals surface area contributed by atoms with Crippen molar-refractivity contribution in [2.75, 3.05) is 0 Å². The lowest BCUT2D eigenvalue weighted by Crippen LogP contribution is -2.54. The van der Waals surface area contributed by atoms with Gasteiger partial charge in [-0.25, -0.2) is 0 Å². The van der Waals surface area contributed by atoms with Gasteiger partial charge in [-0.05, 0) is 80.0 Å². The molecule has 0 spiro atoms. The fourth-order valence-electron chi connectivity index (χ4n) is 5.86. The fourth-order valence-corrected chi connectivity index (χ4v) is 5.86. The molecule has 4 rings (SSSR count). The Morgan fingerprint density at radius 3 is 2.00 bits per heavy atom. The maximum Gasteiger partial charge on any atom is 0.0244 e. The lowest BCUT2D eigenvalue weighted by molar-refractivity contribution is -0.0534. The molecule has 3 N–H and O–H groups in total. The minimum absolute atomic E-state index is 0.462. The third kappa shape index (κ3) is 3.06. The highest BCUT2D eigenvalue weighted by atomic mass is 15.2. The number of nitrogens with one attached hydrogen (secondary N) is 1. The quantitative estimate of drug-likeness (QED) is 0.587. The molecule has 4 aliphatic carbocycles. The summed E-state index contributed by atoms with van der Waals surface area (Å²) in [5.74, 6) is 11.0. The molecular formula is C18H34N2. The van der Waals surface area contributed by atoms with Crippen LogP contribution in [-0.4, -0.2) is 6.04 Å². The van der Waals surface area contributed by atoms with Crippen LogP contribution in [0.1, 0.15) is 72.1 Å². The second-order valence-corrected chi connectivity index (χ2v) is 9.23. The largest absolute Gasteiger partial charge is 0.271 e. The van der Waals surface area contributed by atoms with Crippen LogP contribution in [-0.2, 0) is 0 Å². The first-order valence-corrected chi connectivity index (χ1v) is 8.92. The first-order chi connectivity index (χ1) is 9.46. The molecule has 0 radical (unpaired) electrons. The number of hydrazine groups is 1. The third-order valence-corrected chi connectivity index (χ3v) is 6.42. The Kier molecular flexibility index (Phi) is 4.16. The number of nitrogens with two attached hydrogens (primary N) is 1. The van der Waals surface area contributed by atoms with Crippen LogP contribution >= 0.6 is 0 Å². The van der Waals surface area contributed by atoms with E-state index in [1.807, 2.05) is 0 Å². The van der Waals surface area contributed by atoms with Gasteiger partial charge in [0, 0.05) is 6.04 Å². The Morgan fingerprint density at radius 2 is 1.55 bits per heavy atom. The fraction of sp³-hybridized carbons (Fsp3) is 1.00. The van der Waals surface area contributed by atoms with E-state index in [2.05, 4.69) is 26.2 Å². The number of hydrogen-bond donors (Lipinski definition) is 2. The molecule has 2 nitrogen and oxygen atoms in total. The van der Waals surface area contributed by atoms with Crippen molar-refractivity contribution in [3.05, 3.63) is 0 Å². The summed E-state index contributed by atoms with van der Waals surface area (Å²) < 4.78 is 0. The monoisotopic (exact) mass is 278 g/mol. The van der Waals surface area contributed by atoms with Gasteiger partial charge >= 0.3 is 0 Å². The number of hydrogen-bond acceptors (Lipinski definition) is 2. The Morgan fingerprint density at radius 1 is 1.00 bits per heavy atom.